The lowest BCUT2D eigenvalue weighted by molar-refractivity contribution is -0.119. The van der Waals surface area contributed by atoms with Gasteiger partial charge in [0.25, 0.3) is 5.91 Å². The predicted molar refractivity (Wildman–Crippen MR) is 77.1 cm³/mol. The van der Waals surface area contributed by atoms with Crippen molar-refractivity contribution in [3.05, 3.63) is 51.8 Å². The molecule has 0 radical (unpaired) electrons. The first-order chi connectivity index (χ1) is 9.56. The Balaban J connectivity index is 2.12. The van der Waals surface area contributed by atoms with Crippen molar-refractivity contribution in [2.45, 2.75) is 13.5 Å². The molecule has 0 aliphatic rings. The third kappa shape index (κ3) is 3.64. The van der Waals surface area contributed by atoms with E-state index in [1.165, 1.54) is 18.3 Å². The van der Waals surface area contributed by atoms with Crippen LogP contribution in [0.5, 0.6) is 0 Å². The second-order valence-corrected chi connectivity index (χ2v) is 5.19. The summed E-state index contributed by atoms with van der Waals surface area (Å²) in [5, 5.41) is 4.58. The Morgan fingerprint density at radius 1 is 1.30 bits per heavy atom. The quantitative estimate of drug-likeness (QED) is 0.930. The number of rotatable bonds is 3. The molecule has 2 rings (SSSR count). The molecule has 5 nitrogen and oxygen atoms in total. The Bertz CT molecular complexity index is 683. The lowest BCUT2D eigenvalue weighted by atomic mass is 10.1. The predicted octanol–water partition coefficient (Wildman–Crippen LogP) is 1.46. The van der Waals surface area contributed by atoms with Crippen molar-refractivity contribution in [1.82, 2.24) is 9.88 Å². The lowest BCUT2D eigenvalue weighted by Gasteiger charge is -2.02. The zero-order valence-corrected chi connectivity index (χ0v) is 12.1. The zero-order valence-electron chi connectivity index (χ0n) is 11.3. The molecule has 1 aromatic heterocycles. The van der Waals surface area contributed by atoms with Gasteiger partial charge in [-0.15, -0.1) is 11.3 Å². The molecule has 2 amide bonds. The van der Waals surface area contributed by atoms with E-state index in [1.807, 2.05) is 30.8 Å². The van der Waals surface area contributed by atoms with Crippen molar-refractivity contribution >= 4 is 23.2 Å². The number of aryl methyl sites for hydroxylation is 1. The molecule has 0 saturated carbocycles. The van der Waals surface area contributed by atoms with E-state index in [2.05, 4.69) is 10.3 Å². The van der Waals surface area contributed by atoms with Crippen LogP contribution in [-0.2, 0) is 18.4 Å². The first-order valence-corrected chi connectivity index (χ1v) is 6.97. The zero-order chi connectivity index (χ0) is 14.5. The van der Waals surface area contributed by atoms with Crippen molar-refractivity contribution in [2.75, 3.05) is 0 Å². The van der Waals surface area contributed by atoms with E-state index in [9.17, 15) is 9.59 Å². The van der Waals surface area contributed by atoms with Gasteiger partial charge < -0.3 is 9.88 Å². The summed E-state index contributed by atoms with van der Waals surface area (Å²) in [5.41, 5.74) is 1.48. The van der Waals surface area contributed by atoms with Crippen LogP contribution in [0.1, 0.15) is 22.8 Å². The minimum absolute atomic E-state index is 0.0784. The van der Waals surface area contributed by atoms with Gasteiger partial charge in [-0.1, -0.05) is 12.1 Å². The maximum atomic E-state index is 12.0. The van der Waals surface area contributed by atoms with Crippen molar-refractivity contribution in [3.63, 3.8) is 0 Å². The Labute approximate surface area is 120 Å². The molecule has 2 aromatic rings. The van der Waals surface area contributed by atoms with Crippen molar-refractivity contribution in [1.29, 1.82) is 0 Å². The molecular weight excluding hydrogens is 274 g/mol. The normalized spacial score (nSPS) is 11.4. The van der Waals surface area contributed by atoms with Crippen molar-refractivity contribution < 1.29 is 9.59 Å². The molecule has 0 aliphatic heterocycles. The molecule has 20 heavy (non-hydrogen) atoms. The van der Waals surface area contributed by atoms with Gasteiger partial charge in [0.2, 0.25) is 5.91 Å². The van der Waals surface area contributed by atoms with Gasteiger partial charge in [-0.2, -0.15) is 4.99 Å². The molecule has 104 valence electrons. The van der Waals surface area contributed by atoms with Gasteiger partial charge in [0.05, 0.1) is 0 Å². The highest BCUT2D eigenvalue weighted by atomic mass is 32.1. The maximum absolute atomic E-state index is 12.0. The highest BCUT2D eigenvalue weighted by Crippen LogP contribution is 2.06. The highest BCUT2D eigenvalue weighted by Gasteiger charge is 2.04. The second kappa shape index (κ2) is 6.29. The maximum Gasteiger partial charge on any atom is 0.279 e. The lowest BCUT2D eigenvalue weighted by Crippen LogP contribution is -2.18. The number of nitrogens with one attached hydrogen (secondary N) is 1. The Morgan fingerprint density at radius 2 is 2.00 bits per heavy atom. The number of nitrogens with zero attached hydrogens (tertiary/aromatic N) is 2. The fraction of sp³-hybridized carbons (Fsp3) is 0.214. The monoisotopic (exact) mass is 289 g/mol. The topological polar surface area (TPSA) is 63.5 Å². The fourth-order valence-corrected chi connectivity index (χ4v) is 2.31. The Kier molecular flexibility index (Phi) is 4.47. The van der Waals surface area contributed by atoms with Crippen LogP contribution in [0.15, 0.2) is 40.8 Å². The van der Waals surface area contributed by atoms with Crippen molar-refractivity contribution in [3.8, 4) is 0 Å². The van der Waals surface area contributed by atoms with Crippen LogP contribution in [0.25, 0.3) is 0 Å². The van der Waals surface area contributed by atoms with E-state index in [4.69, 9.17) is 0 Å². The summed E-state index contributed by atoms with van der Waals surface area (Å²) in [6.07, 6.45) is 1.85. The smallest absolute Gasteiger partial charge is 0.279 e. The fourth-order valence-electron chi connectivity index (χ4n) is 1.58. The van der Waals surface area contributed by atoms with E-state index >= 15 is 0 Å². The molecule has 0 atom stereocenters. The molecular formula is C14H15N3O2S. The van der Waals surface area contributed by atoms with Crippen LogP contribution in [0.3, 0.4) is 0 Å². The molecule has 0 bridgehead atoms. The summed E-state index contributed by atoms with van der Waals surface area (Å²) >= 11 is 1.41. The average molecular weight is 289 g/mol. The molecule has 0 spiro atoms. The summed E-state index contributed by atoms with van der Waals surface area (Å²) in [7, 11) is 1.85. The Morgan fingerprint density at radius 3 is 2.55 bits per heavy atom. The largest absolute Gasteiger partial charge is 0.352 e. The summed E-state index contributed by atoms with van der Waals surface area (Å²) < 4.78 is 1.80. The highest BCUT2D eigenvalue weighted by molar-refractivity contribution is 7.07. The SMILES string of the molecule is CC(=O)NCc1ccc(C(=O)N=c2sccn2C)cc1. The van der Waals surface area contributed by atoms with Gasteiger partial charge >= 0.3 is 0 Å². The van der Waals surface area contributed by atoms with Crippen LogP contribution in [0.2, 0.25) is 0 Å². The summed E-state index contributed by atoms with van der Waals surface area (Å²) in [6.45, 7) is 1.93. The first-order valence-electron chi connectivity index (χ1n) is 6.09. The number of thiazole rings is 1. The second-order valence-electron chi connectivity index (χ2n) is 4.32. The molecule has 1 N–H and O–H groups in total. The van der Waals surface area contributed by atoms with E-state index in [0.717, 1.165) is 5.56 Å². The minimum Gasteiger partial charge on any atom is -0.352 e. The number of benzene rings is 1. The van der Waals surface area contributed by atoms with Gasteiger partial charge in [0, 0.05) is 37.7 Å². The first kappa shape index (κ1) is 14.2. The summed E-state index contributed by atoms with van der Waals surface area (Å²) in [4.78, 5) is 27.5. The number of carbonyl (C=O) groups is 2. The Hall–Kier alpha value is -2.21. The van der Waals surface area contributed by atoms with Gasteiger partial charge in [0.1, 0.15) is 0 Å². The van der Waals surface area contributed by atoms with E-state index in [-0.39, 0.29) is 11.8 Å². The van der Waals surface area contributed by atoms with E-state index in [0.29, 0.717) is 16.9 Å². The molecule has 1 aromatic carbocycles. The molecule has 6 heteroatoms. The van der Waals surface area contributed by atoms with Gasteiger partial charge in [-0.25, -0.2) is 0 Å². The number of amides is 2. The minimum atomic E-state index is -0.269. The number of aromatic nitrogens is 1. The molecule has 0 saturated heterocycles. The summed E-state index contributed by atoms with van der Waals surface area (Å²) in [6, 6.07) is 7.06. The van der Waals surface area contributed by atoms with Crippen LogP contribution < -0.4 is 10.1 Å². The standard InChI is InChI=1S/C14H15N3O2S/c1-10(18)15-9-11-3-5-12(6-4-11)13(19)16-14-17(2)7-8-20-14/h3-8H,9H2,1-2H3,(H,15,18). The van der Waals surface area contributed by atoms with Gasteiger partial charge in [-0.05, 0) is 17.7 Å². The number of hydrogen-bond donors (Lipinski definition) is 1. The van der Waals surface area contributed by atoms with Crippen LogP contribution in [-0.4, -0.2) is 16.4 Å². The number of hydrogen-bond acceptors (Lipinski definition) is 3. The summed E-state index contributed by atoms with van der Waals surface area (Å²) in [5.74, 6) is -0.348. The molecule has 1 heterocycles. The third-order valence-electron chi connectivity index (χ3n) is 2.70. The van der Waals surface area contributed by atoms with E-state index in [1.54, 1.807) is 16.7 Å². The van der Waals surface area contributed by atoms with Gasteiger partial charge in [0.15, 0.2) is 4.80 Å². The molecule has 0 unspecified atom stereocenters. The van der Waals surface area contributed by atoms with Crippen LogP contribution >= 0.6 is 11.3 Å². The molecule has 0 fully saturated rings. The van der Waals surface area contributed by atoms with Gasteiger partial charge in [-0.3, -0.25) is 9.59 Å². The average Bonchev–Trinajstić information content (AvgIpc) is 2.82. The van der Waals surface area contributed by atoms with Crippen molar-refractivity contribution in [2.24, 2.45) is 12.0 Å². The third-order valence-corrected chi connectivity index (χ3v) is 3.55. The van der Waals surface area contributed by atoms with Crippen LogP contribution in [0, 0.1) is 0 Å². The van der Waals surface area contributed by atoms with Crippen LogP contribution in [0.4, 0.5) is 0 Å². The number of carbonyl (C=O) groups excluding carboxylic acids is 2. The molecule has 0 aliphatic carbocycles. The van der Waals surface area contributed by atoms with E-state index < -0.39 is 0 Å².